The van der Waals surface area contributed by atoms with Crippen molar-refractivity contribution in [2.45, 2.75) is 0 Å². The Labute approximate surface area is 158 Å². The zero-order chi connectivity index (χ0) is 18.6. The fourth-order valence-electron chi connectivity index (χ4n) is 3.08. The molecule has 2 heterocycles. The summed E-state index contributed by atoms with van der Waals surface area (Å²) >= 11 is 0. The predicted molar refractivity (Wildman–Crippen MR) is 111 cm³/mol. The van der Waals surface area contributed by atoms with Crippen LogP contribution in [0.1, 0.15) is 16.7 Å². The molecule has 0 saturated carbocycles. The number of hydrogen-bond acceptors (Lipinski definition) is 3. The third-order valence-corrected chi connectivity index (χ3v) is 4.51. The highest BCUT2D eigenvalue weighted by atomic mass is 14.9. The maximum absolute atomic E-state index is 9.52. The first kappa shape index (κ1) is 16.6. The molecule has 4 aromatic rings. The summed E-state index contributed by atoms with van der Waals surface area (Å²) in [6.45, 7) is 0. The van der Waals surface area contributed by atoms with Gasteiger partial charge in [0.15, 0.2) is 0 Å². The van der Waals surface area contributed by atoms with Crippen molar-refractivity contribution in [3.63, 3.8) is 0 Å². The fraction of sp³-hybridized carbons (Fsp3) is 0.0435. The van der Waals surface area contributed by atoms with Crippen LogP contribution in [0.4, 0.5) is 11.4 Å². The Bertz CT molecular complexity index is 1160. The van der Waals surface area contributed by atoms with Crippen LogP contribution in [-0.2, 0) is 7.05 Å². The first-order valence-electron chi connectivity index (χ1n) is 8.68. The molecular weight excluding hydrogens is 332 g/mol. The lowest BCUT2D eigenvalue weighted by atomic mass is 10.1. The Kier molecular flexibility index (Phi) is 4.42. The zero-order valence-electron chi connectivity index (χ0n) is 14.9. The minimum Gasteiger partial charge on any atom is -0.354 e. The van der Waals surface area contributed by atoms with E-state index in [4.69, 9.17) is 0 Å². The van der Waals surface area contributed by atoms with Crippen molar-refractivity contribution in [3.05, 3.63) is 89.9 Å². The van der Waals surface area contributed by atoms with Crippen LogP contribution in [-0.4, -0.2) is 9.55 Å². The van der Waals surface area contributed by atoms with Gasteiger partial charge in [0.1, 0.15) is 6.07 Å². The Morgan fingerprint density at radius 2 is 1.89 bits per heavy atom. The molecule has 4 heteroatoms. The lowest BCUT2D eigenvalue weighted by Gasteiger charge is -2.12. The fourth-order valence-corrected chi connectivity index (χ4v) is 3.08. The number of fused-ring (bicyclic) bond motifs is 1. The molecule has 4 rings (SSSR count). The molecule has 0 aliphatic heterocycles. The Hall–Kier alpha value is -3.84. The topological polar surface area (TPSA) is 53.6 Å². The highest BCUT2D eigenvalue weighted by molar-refractivity contribution is 5.87. The molecule has 0 aliphatic rings. The van der Waals surface area contributed by atoms with Gasteiger partial charge in [-0.25, -0.2) is 0 Å². The number of nitrogens with zero attached hydrogens (tertiary/aromatic N) is 3. The monoisotopic (exact) mass is 350 g/mol. The van der Waals surface area contributed by atoms with Gasteiger partial charge in [0.25, 0.3) is 0 Å². The van der Waals surface area contributed by atoms with E-state index in [0.717, 1.165) is 27.9 Å². The minimum atomic E-state index is 0.512. The molecule has 0 bridgehead atoms. The lowest BCUT2D eigenvalue weighted by Crippen LogP contribution is -1.98. The largest absolute Gasteiger partial charge is 0.354 e. The SMILES string of the molecule is Cn1ccc2cc(Nc3c(C#N)cncc3C=Cc3ccccc3)ccc21. The van der Waals surface area contributed by atoms with Gasteiger partial charge in [-0.1, -0.05) is 42.5 Å². The molecule has 0 amide bonds. The minimum absolute atomic E-state index is 0.512. The average Bonchev–Trinajstić information content (AvgIpc) is 3.08. The highest BCUT2D eigenvalue weighted by Gasteiger charge is 2.09. The Morgan fingerprint density at radius 3 is 2.70 bits per heavy atom. The van der Waals surface area contributed by atoms with Crippen LogP contribution in [0.5, 0.6) is 0 Å². The third kappa shape index (κ3) is 3.44. The van der Waals surface area contributed by atoms with Gasteiger partial charge in [-0.05, 0) is 29.8 Å². The summed E-state index contributed by atoms with van der Waals surface area (Å²) < 4.78 is 2.08. The first-order chi connectivity index (χ1) is 13.2. The quantitative estimate of drug-likeness (QED) is 0.539. The summed E-state index contributed by atoms with van der Waals surface area (Å²) in [6, 6.07) is 20.5. The van der Waals surface area contributed by atoms with E-state index in [1.54, 1.807) is 12.4 Å². The van der Waals surface area contributed by atoms with Crippen molar-refractivity contribution >= 4 is 34.4 Å². The van der Waals surface area contributed by atoms with E-state index in [2.05, 4.69) is 39.1 Å². The number of hydrogen-bond donors (Lipinski definition) is 1. The smallest absolute Gasteiger partial charge is 0.103 e. The molecule has 4 nitrogen and oxygen atoms in total. The second-order valence-corrected chi connectivity index (χ2v) is 6.33. The van der Waals surface area contributed by atoms with Crippen molar-refractivity contribution in [3.8, 4) is 6.07 Å². The Balaban J connectivity index is 1.72. The second-order valence-electron chi connectivity index (χ2n) is 6.33. The third-order valence-electron chi connectivity index (χ3n) is 4.51. The first-order valence-corrected chi connectivity index (χ1v) is 8.68. The van der Waals surface area contributed by atoms with Gasteiger partial charge in [0.05, 0.1) is 11.3 Å². The molecule has 130 valence electrons. The molecule has 27 heavy (non-hydrogen) atoms. The molecule has 0 unspecified atom stereocenters. The van der Waals surface area contributed by atoms with E-state index in [0.29, 0.717) is 5.56 Å². The molecule has 0 fully saturated rings. The van der Waals surface area contributed by atoms with Crippen LogP contribution in [0.2, 0.25) is 0 Å². The molecule has 0 radical (unpaired) electrons. The molecule has 0 saturated heterocycles. The van der Waals surface area contributed by atoms with Gasteiger partial charge in [-0.15, -0.1) is 0 Å². The molecule has 2 aromatic heterocycles. The van der Waals surface area contributed by atoms with E-state index in [9.17, 15) is 5.26 Å². The summed E-state index contributed by atoms with van der Waals surface area (Å²) in [6.07, 6.45) is 9.39. The summed E-state index contributed by atoms with van der Waals surface area (Å²) in [5.41, 5.74) is 5.33. The van der Waals surface area contributed by atoms with Crippen LogP contribution in [0.3, 0.4) is 0 Å². The standard InChI is InChI=1S/C23H18N4/c1-27-12-11-18-13-21(9-10-22(18)27)26-23-19(15-25-16-20(23)14-24)8-7-17-5-3-2-4-6-17/h2-13,15-16H,1H3,(H,25,26). The highest BCUT2D eigenvalue weighted by Crippen LogP contribution is 2.28. The normalized spacial score (nSPS) is 11.0. The van der Waals surface area contributed by atoms with E-state index in [-0.39, 0.29) is 0 Å². The van der Waals surface area contributed by atoms with Gasteiger partial charge in [0, 0.05) is 47.8 Å². The maximum atomic E-state index is 9.52. The Morgan fingerprint density at radius 1 is 1.04 bits per heavy atom. The van der Waals surface area contributed by atoms with Crippen LogP contribution >= 0.6 is 0 Å². The van der Waals surface area contributed by atoms with E-state index in [1.165, 1.54) is 5.52 Å². The molecule has 0 aliphatic carbocycles. The second kappa shape index (κ2) is 7.19. The van der Waals surface area contributed by atoms with E-state index < -0.39 is 0 Å². The summed E-state index contributed by atoms with van der Waals surface area (Å²) in [7, 11) is 2.03. The van der Waals surface area contributed by atoms with Crippen LogP contribution < -0.4 is 5.32 Å². The predicted octanol–water partition coefficient (Wildman–Crippen LogP) is 5.36. The van der Waals surface area contributed by atoms with Crippen LogP contribution in [0, 0.1) is 11.3 Å². The molecule has 0 atom stereocenters. The van der Waals surface area contributed by atoms with Crippen LogP contribution in [0.25, 0.3) is 23.1 Å². The van der Waals surface area contributed by atoms with Crippen molar-refractivity contribution in [1.82, 2.24) is 9.55 Å². The number of nitrogens with one attached hydrogen (secondary N) is 1. The number of aryl methyl sites for hydroxylation is 1. The van der Waals surface area contributed by atoms with E-state index >= 15 is 0 Å². The molecular formula is C23H18N4. The van der Waals surface area contributed by atoms with Gasteiger partial charge in [0.2, 0.25) is 0 Å². The van der Waals surface area contributed by atoms with Gasteiger partial charge < -0.3 is 9.88 Å². The number of nitriles is 1. The van der Waals surface area contributed by atoms with Crippen molar-refractivity contribution < 1.29 is 0 Å². The van der Waals surface area contributed by atoms with Crippen molar-refractivity contribution in [1.29, 1.82) is 5.26 Å². The van der Waals surface area contributed by atoms with Gasteiger partial charge >= 0.3 is 0 Å². The van der Waals surface area contributed by atoms with E-state index in [1.807, 2.05) is 61.8 Å². The number of anilines is 2. The molecule has 2 aromatic carbocycles. The van der Waals surface area contributed by atoms with Gasteiger partial charge in [-0.3, -0.25) is 4.98 Å². The number of rotatable bonds is 4. The van der Waals surface area contributed by atoms with Crippen molar-refractivity contribution in [2.75, 3.05) is 5.32 Å². The maximum Gasteiger partial charge on any atom is 0.103 e. The summed E-state index contributed by atoms with van der Waals surface area (Å²) in [4.78, 5) is 4.21. The van der Waals surface area contributed by atoms with Crippen LogP contribution in [0.15, 0.2) is 73.2 Å². The summed E-state index contributed by atoms with van der Waals surface area (Å²) in [5.74, 6) is 0. The number of aromatic nitrogens is 2. The number of benzene rings is 2. The molecule has 1 N–H and O–H groups in total. The molecule has 0 spiro atoms. The summed E-state index contributed by atoms with van der Waals surface area (Å²) in [5, 5.41) is 14.1. The lowest BCUT2D eigenvalue weighted by molar-refractivity contribution is 0.969. The average molecular weight is 350 g/mol. The number of pyridine rings is 1. The van der Waals surface area contributed by atoms with Crippen molar-refractivity contribution in [2.24, 2.45) is 7.05 Å². The van der Waals surface area contributed by atoms with Gasteiger partial charge in [-0.2, -0.15) is 5.26 Å². The zero-order valence-corrected chi connectivity index (χ0v) is 14.9.